The molecule has 0 saturated heterocycles. The molecule has 1 aromatic heterocycles. The van der Waals surface area contributed by atoms with Crippen LogP contribution in [0.15, 0.2) is 36.4 Å². The van der Waals surface area contributed by atoms with E-state index in [9.17, 15) is 0 Å². The molecule has 0 aliphatic rings. The average molecular weight is 245 g/mol. The van der Waals surface area contributed by atoms with Crippen LogP contribution in [0.1, 0.15) is 20.9 Å². The second-order valence-corrected chi connectivity index (χ2v) is 5.71. The van der Waals surface area contributed by atoms with Gasteiger partial charge < -0.3 is 5.32 Å². The van der Waals surface area contributed by atoms with Gasteiger partial charge in [-0.05, 0) is 44.0 Å². The van der Waals surface area contributed by atoms with Gasteiger partial charge in [0, 0.05) is 16.3 Å². The predicted octanol–water partition coefficient (Wildman–Crippen LogP) is 3.70. The molecule has 0 fully saturated rings. The lowest BCUT2D eigenvalue weighted by Crippen LogP contribution is -2.15. The third-order valence-corrected chi connectivity index (χ3v) is 4.10. The van der Waals surface area contributed by atoms with E-state index in [-0.39, 0.29) is 0 Å². The normalized spacial score (nSPS) is 10.7. The zero-order valence-corrected chi connectivity index (χ0v) is 11.3. The molecule has 1 N–H and O–H groups in total. The quantitative estimate of drug-likeness (QED) is 0.792. The molecule has 1 heterocycles. The van der Waals surface area contributed by atoms with Gasteiger partial charge in [-0.15, -0.1) is 11.3 Å². The Balaban J connectivity index is 1.73. The Hall–Kier alpha value is -1.12. The number of rotatable bonds is 5. The molecule has 90 valence electrons. The number of nitrogens with one attached hydrogen (secondary N) is 1. The van der Waals surface area contributed by atoms with Gasteiger partial charge in [-0.3, -0.25) is 0 Å². The van der Waals surface area contributed by atoms with E-state index in [4.69, 9.17) is 0 Å². The van der Waals surface area contributed by atoms with Crippen molar-refractivity contribution in [2.24, 2.45) is 0 Å². The predicted molar refractivity (Wildman–Crippen MR) is 75.6 cm³/mol. The monoisotopic (exact) mass is 245 g/mol. The van der Waals surface area contributed by atoms with Crippen LogP contribution in [0.2, 0.25) is 0 Å². The SMILES string of the molecule is Cc1cc(CNCCc2ccccc2)sc1C. The molecule has 0 aliphatic carbocycles. The van der Waals surface area contributed by atoms with Crippen molar-refractivity contribution in [2.45, 2.75) is 26.8 Å². The van der Waals surface area contributed by atoms with Crippen LogP contribution in [0.25, 0.3) is 0 Å². The summed E-state index contributed by atoms with van der Waals surface area (Å²) in [5.74, 6) is 0. The first kappa shape index (κ1) is 12.3. The topological polar surface area (TPSA) is 12.0 Å². The fraction of sp³-hybridized carbons (Fsp3) is 0.333. The van der Waals surface area contributed by atoms with Crippen molar-refractivity contribution in [2.75, 3.05) is 6.54 Å². The second kappa shape index (κ2) is 5.99. The summed E-state index contributed by atoms with van der Waals surface area (Å²) in [5, 5.41) is 3.50. The fourth-order valence-electron chi connectivity index (χ4n) is 1.83. The summed E-state index contributed by atoms with van der Waals surface area (Å²) in [6, 6.07) is 12.9. The minimum absolute atomic E-state index is 0.992. The van der Waals surface area contributed by atoms with Crippen LogP contribution in [0.3, 0.4) is 0 Å². The van der Waals surface area contributed by atoms with Crippen LogP contribution >= 0.6 is 11.3 Å². The van der Waals surface area contributed by atoms with Crippen LogP contribution in [0, 0.1) is 13.8 Å². The standard InChI is InChI=1S/C15H19NS/c1-12-10-15(17-13(12)2)11-16-9-8-14-6-4-3-5-7-14/h3-7,10,16H,8-9,11H2,1-2H3. The van der Waals surface area contributed by atoms with Crippen molar-refractivity contribution >= 4 is 11.3 Å². The lowest BCUT2D eigenvalue weighted by atomic mass is 10.1. The lowest BCUT2D eigenvalue weighted by Gasteiger charge is -2.03. The Morgan fingerprint density at radius 3 is 2.53 bits per heavy atom. The molecule has 0 unspecified atom stereocenters. The molecule has 0 aliphatic heterocycles. The van der Waals surface area contributed by atoms with E-state index in [1.807, 2.05) is 11.3 Å². The molecular formula is C15H19NS. The molecule has 1 aromatic carbocycles. The molecule has 2 heteroatoms. The van der Waals surface area contributed by atoms with Crippen molar-refractivity contribution < 1.29 is 0 Å². The van der Waals surface area contributed by atoms with Crippen LogP contribution in [0.5, 0.6) is 0 Å². The van der Waals surface area contributed by atoms with E-state index in [1.54, 1.807) is 0 Å². The number of thiophene rings is 1. The minimum atomic E-state index is 0.992. The van der Waals surface area contributed by atoms with Gasteiger partial charge in [0.15, 0.2) is 0 Å². The van der Waals surface area contributed by atoms with Gasteiger partial charge in [0.25, 0.3) is 0 Å². The highest BCUT2D eigenvalue weighted by Gasteiger charge is 2.00. The van der Waals surface area contributed by atoms with E-state index >= 15 is 0 Å². The van der Waals surface area contributed by atoms with Crippen LogP contribution in [-0.4, -0.2) is 6.54 Å². The van der Waals surface area contributed by atoms with Crippen molar-refractivity contribution in [3.8, 4) is 0 Å². The summed E-state index contributed by atoms with van der Waals surface area (Å²) in [4.78, 5) is 2.87. The first-order chi connectivity index (χ1) is 8.25. The third kappa shape index (κ3) is 3.69. The Morgan fingerprint density at radius 2 is 1.88 bits per heavy atom. The Labute approximate surface area is 108 Å². The van der Waals surface area contributed by atoms with Gasteiger partial charge in [0.2, 0.25) is 0 Å². The molecule has 0 bridgehead atoms. The van der Waals surface area contributed by atoms with E-state index in [2.05, 4.69) is 55.6 Å². The Kier molecular flexibility index (Phi) is 4.35. The minimum Gasteiger partial charge on any atom is -0.312 e. The highest BCUT2D eigenvalue weighted by atomic mass is 32.1. The van der Waals surface area contributed by atoms with Gasteiger partial charge in [0.05, 0.1) is 0 Å². The van der Waals surface area contributed by atoms with Crippen molar-refractivity contribution in [3.05, 3.63) is 57.3 Å². The fourth-order valence-corrected chi connectivity index (χ4v) is 2.85. The molecule has 0 radical (unpaired) electrons. The zero-order chi connectivity index (χ0) is 12.1. The summed E-state index contributed by atoms with van der Waals surface area (Å²) in [6.07, 6.45) is 1.10. The Bertz CT molecular complexity index is 440. The highest BCUT2D eigenvalue weighted by molar-refractivity contribution is 7.12. The molecule has 1 nitrogen and oxygen atoms in total. The highest BCUT2D eigenvalue weighted by Crippen LogP contribution is 2.20. The number of hydrogen-bond donors (Lipinski definition) is 1. The van der Waals surface area contributed by atoms with E-state index in [1.165, 1.54) is 20.9 Å². The van der Waals surface area contributed by atoms with Crippen molar-refractivity contribution in [1.82, 2.24) is 5.32 Å². The smallest absolute Gasteiger partial charge is 0.0300 e. The first-order valence-electron chi connectivity index (χ1n) is 6.06. The molecular weight excluding hydrogens is 226 g/mol. The molecule has 0 amide bonds. The molecule has 0 saturated carbocycles. The maximum absolute atomic E-state index is 3.50. The summed E-state index contributed by atoms with van der Waals surface area (Å²) < 4.78 is 0. The summed E-state index contributed by atoms with van der Waals surface area (Å²) in [7, 11) is 0. The lowest BCUT2D eigenvalue weighted by molar-refractivity contribution is 0.693. The van der Waals surface area contributed by atoms with E-state index < -0.39 is 0 Å². The summed E-state index contributed by atoms with van der Waals surface area (Å²) in [5.41, 5.74) is 2.81. The largest absolute Gasteiger partial charge is 0.312 e. The molecule has 0 spiro atoms. The maximum Gasteiger partial charge on any atom is 0.0300 e. The second-order valence-electron chi connectivity index (χ2n) is 4.36. The van der Waals surface area contributed by atoms with Crippen LogP contribution < -0.4 is 5.32 Å². The van der Waals surface area contributed by atoms with Gasteiger partial charge in [0.1, 0.15) is 0 Å². The first-order valence-corrected chi connectivity index (χ1v) is 6.88. The van der Waals surface area contributed by atoms with Crippen molar-refractivity contribution in [3.63, 3.8) is 0 Å². The average Bonchev–Trinajstić information content (AvgIpc) is 2.66. The molecule has 17 heavy (non-hydrogen) atoms. The number of benzene rings is 1. The van der Waals surface area contributed by atoms with Gasteiger partial charge in [-0.2, -0.15) is 0 Å². The van der Waals surface area contributed by atoms with E-state index in [0.29, 0.717) is 0 Å². The summed E-state index contributed by atoms with van der Waals surface area (Å²) >= 11 is 1.90. The van der Waals surface area contributed by atoms with Crippen LogP contribution in [-0.2, 0) is 13.0 Å². The Morgan fingerprint density at radius 1 is 1.12 bits per heavy atom. The molecule has 2 aromatic rings. The third-order valence-electron chi connectivity index (χ3n) is 2.95. The molecule has 2 rings (SSSR count). The van der Waals surface area contributed by atoms with Gasteiger partial charge >= 0.3 is 0 Å². The summed E-state index contributed by atoms with van der Waals surface area (Å²) in [6.45, 7) is 6.40. The van der Waals surface area contributed by atoms with E-state index in [0.717, 1.165) is 19.5 Å². The molecule has 0 atom stereocenters. The van der Waals surface area contributed by atoms with Gasteiger partial charge in [-0.25, -0.2) is 0 Å². The zero-order valence-electron chi connectivity index (χ0n) is 10.5. The van der Waals surface area contributed by atoms with Crippen molar-refractivity contribution in [1.29, 1.82) is 0 Å². The number of hydrogen-bond acceptors (Lipinski definition) is 2. The number of aryl methyl sites for hydroxylation is 2. The van der Waals surface area contributed by atoms with Crippen LogP contribution in [0.4, 0.5) is 0 Å². The van der Waals surface area contributed by atoms with Gasteiger partial charge in [-0.1, -0.05) is 30.3 Å². The maximum atomic E-state index is 3.50.